The highest BCUT2D eigenvalue weighted by Gasteiger charge is 2.41. The molecule has 1 nitrogen and oxygen atoms in total. The van der Waals surface area contributed by atoms with Gasteiger partial charge in [0.15, 0.2) is 0 Å². The van der Waals surface area contributed by atoms with Gasteiger partial charge in [0.1, 0.15) is 8.07 Å². The zero-order chi connectivity index (χ0) is 18.6. The first-order valence-electron chi connectivity index (χ1n) is 9.03. The van der Waals surface area contributed by atoms with Crippen LogP contribution in [0.15, 0.2) is 42.6 Å². The molecule has 0 fully saturated rings. The second-order valence-electron chi connectivity index (χ2n) is 7.52. The van der Waals surface area contributed by atoms with Gasteiger partial charge in [-0.1, -0.05) is 71.2 Å². The summed E-state index contributed by atoms with van der Waals surface area (Å²) in [4.78, 5) is 4.48. The summed E-state index contributed by atoms with van der Waals surface area (Å²) in [5.74, 6) is 3.52. The number of benzene rings is 1. The molecule has 0 saturated heterocycles. The highest BCUT2D eigenvalue weighted by Crippen LogP contribution is 2.41. The van der Waals surface area contributed by atoms with Crippen LogP contribution in [0.3, 0.4) is 0 Å². The molecule has 132 valence electrons. The van der Waals surface area contributed by atoms with Crippen molar-refractivity contribution in [2.45, 2.75) is 58.2 Å². The van der Waals surface area contributed by atoms with Crippen LogP contribution in [0.5, 0.6) is 0 Å². The number of aromatic nitrogens is 1. The van der Waals surface area contributed by atoms with Crippen molar-refractivity contribution < 1.29 is 0 Å². The van der Waals surface area contributed by atoms with Crippen molar-refractivity contribution in [3.8, 4) is 22.7 Å². The summed E-state index contributed by atoms with van der Waals surface area (Å²) in [6.07, 6.45) is 1.80. The third kappa shape index (κ3) is 3.99. The van der Waals surface area contributed by atoms with Gasteiger partial charge < -0.3 is 0 Å². The third-order valence-electron chi connectivity index (χ3n) is 5.21. The van der Waals surface area contributed by atoms with Crippen LogP contribution >= 0.6 is 11.6 Å². The maximum Gasteiger partial charge on any atom is 0.146 e. The molecule has 0 spiro atoms. The fraction of sp³-hybridized carbons (Fsp3) is 0.409. The molecule has 0 atom stereocenters. The number of hydrogen-bond donors (Lipinski definition) is 0. The summed E-state index contributed by atoms with van der Waals surface area (Å²) >= 11 is 6.51. The number of pyridine rings is 1. The predicted molar refractivity (Wildman–Crippen MR) is 113 cm³/mol. The van der Waals surface area contributed by atoms with Crippen molar-refractivity contribution in [2.24, 2.45) is 0 Å². The molecule has 0 aliphatic carbocycles. The first-order valence-corrected chi connectivity index (χ1v) is 11.6. The largest absolute Gasteiger partial charge is 0.256 e. The summed E-state index contributed by atoms with van der Waals surface area (Å²) in [7, 11) is -1.78. The topological polar surface area (TPSA) is 12.9 Å². The summed E-state index contributed by atoms with van der Waals surface area (Å²) in [6.45, 7) is 14.0. The Hall–Kier alpha value is -1.56. The molecule has 25 heavy (non-hydrogen) atoms. The van der Waals surface area contributed by atoms with Gasteiger partial charge in [-0.25, -0.2) is 0 Å². The minimum absolute atomic E-state index is 0.609. The molecule has 0 radical (unpaired) electrons. The zero-order valence-electron chi connectivity index (χ0n) is 16.1. The van der Waals surface area contributed by atoms with Crippen molar-refractivity contribution in [3.63, 3.8) is 0 Å². The Morgan fingerprint density at radius 3 is 2.04 bits per heavy atom. The Kier molecular flexibility index (Phi) is 6.49. The zero-order valence-corrected chi connectivity index (χ0v) is 17.9. The van der Waals surface area contributed by atoms with E-state index < -0.39 is 8.07 Å². The average Bonchev–Trinajstić information content (AvgIpc) is 2.55. The van der Waals surface area contributed by atoms with Crippen molar-refractivity contribution in [2.75, 3.05) is 0 Å². The minimum Gasteiger partial charge on any atom is -0.256 e. The van der Waals surface area contributed by atoms with E-state index in [4.69, 9.17) is 11.6 Å². The molecule has 1 heterocycles. The average molecular weight is 370 g/mol. The van der Waals surface area contributed by atoms with Crippen LogP contribution in [0.1, 0.15) is 47.1 Å². The molecule has 0 N–H and O–H groups in total. The number of halogens is 1. The van der Waals surface area contributed by atoms with Crippen LogP contribution in [-0.2, 0) is 0 Å². The fourth-order valence-corrected chi connectivity index (χ4v) is 9.50. The summed E-state index contributed by atoms with van der Waals surface area (Å²) < 4.78 is 0. The second-order valence-corrected chi connectivity index (χ2v) is 13.5. The molecular weight excluding hydrogens is 342 g/mol. The van der Waals surface area contributed by atoms with E-state index in [1.165, 1.54) is 0 Å². The number of rotatable bonds is 4. The molecule has 0 aliphatic rings. The quantitative estimate of drug-likeness (QED) is 0.418. The van der Waals surface area contributed by atoms with Crippen molar-refractivity contribution in [1.82, 2.24) is 4.98 Å². The molecule has 2 aromatic rings. The highest BCUT2D eigenvalue weighted by molar-refractivity contribution is 6.90. The lowest BCUT2D eigenvalue weighted by Crippen LogP contribution is -2.43. The molecule has 0 aliphatic heterocycles. The van der Waals surface area contributed by atoms with Crippen LogP contribution in [0, 0.1) is 11.5 Å². The molecule has 3 heteroatoms. The molecule has 1 aromatic heterocycles. The molecule has 0 saturated carbocycles. The van der Waals surface area contributed by atoms with Gasteiger partial charge in [-0.3, -0.25) is 4.98 Å². The summed E-state index contributed by atoms with van der Waals surface area (Å²) in [6, 6.07) is 11.8. The lowest BCUT2D eigenvalue weighted by atomic mass is 10.0. The van der Waals surface area contributed by atoms with Crippen LogP contribution < -0.4 is 0 Å². The van der Waals surface area contributed by atoms with Crippen LogP contribution in [0.25, 0.3) is 11.3 Å². The molecule has 2 rings (SSSR count). The monoisotopic (exact) mass is 369 g/mol. The van der Waals surface area contributed by atoms with Gasteiger partial charge in [0, 0.05) is 17.3 Å². The molecular formula is C22H28ClNSi. The van der Waals surface area contributed by atoms with E-state index in [2.05, 4.69) is 64.1 Å². The predicted octanol–water partition coefficient (Wildman–Crippen LogP) is 6.97. The molecule has 0 bridgehead atoms. The van der Waals surface area contributed by atoms with E-state index in [9.17, 15) is 0 Å². The van der Waals surface area contributed by atoms with E-state index in [1.54, 1.807) is 6.20 Å². The van der Waals surface area contributed by atoms with Gasteiger partial charge in [0.25, 0.3) is 0 Å². The Balaban J connectivity index is 2.63. The SMILES string of the molecule is CC(C)[Si](C#Cc1cccc(Cl)c1-c1ccccn1)(C(C)C)C(C)C. The summed E-state index contributed by atoms with van der Waals surface area (Å²) in [5, 5.41) is 0.705. The van der Waals surface area contributed by atoms with Crippen molar-refractivity contribution >= 4 is 19.7 Å². The number of nitrogens with zero attached hydrogens (tertiary/aromatic N) is 1. The van der Waals surface area contributed by atoms with Gasteiger partial charge in [0.2, 0.25) is 0 Å². The smallest absolute Gasteiger partial charge is 0.146 e. The Morgan fingerprint density at radius 1 is 0.880 bits per heavy atom. The Labute approximate surface area is 158 Å². The lowest BCUT2D eigenvalue weighted by Gasteiger charge is -2.38. The normalized spacial score (nSPS) is 11.8. The first kappa shape index (κ1) is 19.8. The molecule has 1 aromatic carbocycles. The molecule has 0 amide bonds. The van der Waals surface area contributed by atoms with Crippen molar-refractivity contribution in [1.29, 1.82) is 0 Å². The van der Waals surface area contributed by atoms with E-state index in [-0.39, 0.29) is 0 Å². The van der Waals surface area contributed by atoms with E-state index in [0.717, 1.165) is 16.8 Å². The van der Waals surface area contributed by atoms with Crippen LogP contribution in [0.4, 0.5) is 0 Å². The lowest BCUT2D eigenvalue weighted by molar-refractivity contribution is 0.838. The van der Waals surface area contributed by atoms with Gasteiger partial charge in [-0.2, -0.15) is 0 Å². The van der Waals surface area contributed by atoms with Gasteiger partial charge >= 0.3 is 0 Å². The fourth-order valence-electron chi connectivity index (χ4n) is 4.01. The van der Waals surface area contributed by atoms with Gasteiger partial charge in [-0.05, 0) is 40.9 Å². The van der Waals surface area contributed by atoms with E-state index in [0.29, 0.717) is 21.6 Å². The van der Waals surface area contributed by atoms with E-state index >= 15 is 0 Å². The standard InChI is InChI=1S/C22H28ClNSi/c1-16(2)25(17(3)4,18(5)6)15-13-19-10-9-11-20(23)22(19)21-12-7-8-14-24-21/h7-12,14,16-18H,1-6H3. The summed E-state index contributed by atoms with van der Waals surface area (Å²) in [5.41, 5.74) is 8.41. The second kappa shape index (κ2) is 8.21. The van der Waals surface area contributed by atoms with E-state index in [1.807, 2.05) is 30.3 Å². The van der Waals surface area contributed by atoms with Gasteiger partial charge in [-0.15, -0.1) is 5.54 Å². The van der Waals surface area contributed by atoms with Crippen molar-refractivity contribution in [3.05, 3.63) is 53.2 Å². The Bertz CT molecular complexity index is 748. The number of hydrogen-bond acceptors (Lipinski definition) is 1. The Morgan fingerprint density at radius 2 is 1.52 bits per heavy atom. The third-order valence-corrected chi connectivity index (χ3v) is 11.8. The highest BCUT2D eigenvalue weighted by atomic mass is 35.5. The van der Waals surface area contributed by atoms with Gasteiger partial charge in [0.05, 0.1) is 10.7 Å². The maximum absolute atomic E-state index is 6.51. The minimum atomic E-state index is -1.78. The van der Waals surface area contributed by atoms with Crippen LogP contribution in [-0.4, -0.2) is 13.1 Å². The van der Waals surface area contributed by atoms with Crippen LogP contribution in [0.2, 0.25) is 21.6 Å². The maximum atomic E-state index is 6.51. The molecule has 0 unspecified atom stereocenters. The first-order chi connectivity index (χ1) is 11.8.